The molecule has 35 heavy (non-hydrogen) atoms. The number of nitrogens with one attached hydrogen (secondary N) is 2. The van der Waals surface area contributed by atoms with Gasteiger partial charge in [-0.05, 0) is 68.5 Å². The summed E-state index contributed by atoms with van der Waals surface area (Å²) < 4.78 is 38.1. The van der Waals surface area contributed by atoms with Crippen molar-refractivity contribution in [2.75, 3.05) is 36.5 Å². The molecular formula is C26H32FN3O4S. The molecule has 4 rings (SSSR count). The quantitative estimate of drug-likeness (QED) is 0.566. The summed E-state index contributed by atoms with van der Waals surface area (Å²) in [4.78, 5) is 26.5. The number of anilines is 1. The maximum atomic E-state index is 13.2. The van der Waals surface area contributed by atoms with Gasteiger partial charge >= 0.3 is 6.03 Å². The second-order valence-corrected chi connectivity index (χ2v) is 11.9. The number of urea groups is 1. The first-order valence-electron chi connectivity index (χ1n) is 12.0. The molecule has 0 aliphatic carbocycles. The van der Waals surface area contributed by atoms with Crippen LogP contribution in [-0.2, 0) is 16.3 Å². The van der Waals surface area contributed by atoms with Gasteiger partial charge in [-0.3, -0.25) is 4.79 Å². The molecule has 2 fully saturated rings. The Kier molecular flexibility index (Phi) is 7.86. The summed E-state index contributed by atoms with van der Waals surface area (Å²) in [5.74, 6) is -0.136. The number of ketones is 1. The van der Waals surface area contributed by atoms with E-state index in [2.05, 4.69) is 15.5 Å². The molecule has 2 amide bonds. The number of carbonyl (C=O) groups excluding carboxylic acids is 2. The Balaban J connectivity index is 1.35. The zero-order valence-electron chi connectivity index (χ0n) is 19.9. The highest BCUT2D eigenvalue weighted by atomic mass is 32.2. The number of Topliss-reactive ketones (excluding diaryl/α,β-unsaturated/α-hetero) is 1. The lowest BCUT2D eigenvalue weighted by Crippen LogP contribution is -2.47. The Labute approximate surface area is 206 Å². The number of nitrogens with zero attached hydrogens (tertiary/aromatic N) is 1. The minimum Gasteiger partial charge on any atom is -0.334 e. The highest BCUT2D eigenvalue weighted by Crippen LogP contribution is 2.26. The van der Waals surface area contributed by atoms with Crippen molar-refractivity contribution in [3.63, 3.8) is 0 Å². The molecule has 188 valence electrons. The standard InChI is InChI=1S/C26H32FN3O4S/c1-18(31)21-5-2-6-24(13-21)28-26(32)29-25-17-35(33,34)16-22(25)15-30-11-3-4-20(14-30)12-19-7-9-23(27)10-8-19/h2,5-10,13,20,22,25H,3-4,11-12,14-17H2,1H3,(H2,28,29,32)/t20-,22+,25+/m0/s1. The van der Waals surface area contributed by atoms with Crippen LogP contribution in [0.5, 0.6) is 0 Å². The second kappa shape index (κ2) is 10.9. The van der Waals surface area contributed by atoms with Gasteiger partial charge in [0.15, 0.2) is 15.6 Å². The maximum Gasteiger partial charge on any atom is 0.319 e. The van der Waals surface area contributed by atoms with Crippen LogP contribution in [0.4, 0.5) is 14.9 Å². The summed E-state index contributed by atoms with van der Waals surface area (Å²) in [5, 5.41) is 5.57. The van der Waals surface area contributed by atoms with Crippen molar-refractivity contribution in [3.8, 4) is 0 Å². The Morgan fingerprint density at radius 2 is 1.89 bits per heavy atom. The fourth-order valence-corrected chi connectivity index (χ4v) is 7.21. The van der Waals surface area contributed by atoms with Gasteiger partial charge < -0.3 is 15.5 Å². The van der Waals surface area contributed by atoms with Crippen LogP contribution in [0.15, 0.2) is 48.5 Å². The monoisotopic (exact) mass is 501 g/mol. The van der Waals surface area contributed by atoms with E-state index >= 15 is 0 Å². The first kappa shape index (κ1) is 25.3. The number of rotatable bonds is 7. The molecule has 0 bridgehead atoms. The molecule has 0 radical (unpaired) electrons. The molecule has 0 unspecified atom stereocenters. The normalized spacial score (nSPS) is 24.1. The highest BCUT2D eigenvalue weighted by molar-refractivity contribution is 7.91. The smallest absolute Gasteiger partial charge is 0.319 e. The van der Waals surface area contributed by atoms with E-state index in [1.807, 2.05) is 12.1 Å². The van der Waals surface area contributed by atoms with Gasteiger partial charge in [-0.1, -0.05) is 24.3 Å². The lowest BCUT2D eigenvalue weighted by Gasteiger charge is -2.35. The van der Waals surface area contributed by atoms with Crippen molar-refractivity contribution in [1.82, 2.24) is 10.2 Å². The third kappa shape index (κ3) is 7.11. The van der Waals surface area contributed by atoms with Crippen molar-refractivity contribution in [2.24, 2.45) is 11.8 Å². The fraction of sp³-hybridized carbons (Fsp3) is 0.462. The molecule has 2 heterocycles. The Hall–Kier alpha value is -2.78. The maximum absolute atomic E-state index is 13.2. The van der Waals surface area contributed by atoms with Crippen LogP contribution >= 0.6 is 0 Å². The third-order valence-electron chi connectivity index (χ3n) is 6.85. The van der Waals surface area contributed by atoms with Crippen molar-refractivity contribution in [2.45, 2.75) is 32.2 Å². The van der Waals surface area contributed by atoms with Crippen LogP contribution in [0.2, 0.25) is 0 Å². The summed E-state index contributed by atoms with van der Waals surface area (Å²) in [6.07, 6.45) is 2.97. The molecule has 7 nitrogen and oxygen atoms in total. The van der Waals surface area contributed by atoms with Crippen LogP contribution < -0.4 is 10.6 Å². The molecule has 2 aliphatic rings. The zero-order valence-corrected chi connectivity index (χ0v) is 20.7. The molecule has 0 saturated carbocycles. The lowest BCUT2D eigenvalue weighted by molar-refractivity contribution is 0.101. The molecule has 2 aromatic carbocycles. The molecule has 2 aromatic rings. The average Bonchev–Trinajstić information content (AvgIpc) is 3.08. The summed E-state index contributed by atoms with van der Waals surface area (Å²) in [6.45, 7) is 3.81. The van der Waals surface area contributed by atoms with E-state index in [-0.39, 0.29) is 29.0 Å². The molecule has 2 aliphatic heterocycles. The Morgan fingerprint density at radius 1 is 1.11 bits per heavy atom. The van der Waals surface area contributed by atoms with Crippen LogP contribution in [0.1, 0.15) is 35.7 Å². The van der Waals surface area contributed by atoms with Crippen LogP contribution in [0.3, 0.4) is 0 Å². The molecule has 0 aromatic heterocycles. The summed E-state index contributed by atoms with van der Waals surface area (Å²) >= 11 is 0. The first-order chi connectivity index (χ1) is 16.7. The van der Waals surface area contributed by atoms with E-state index in [0.717, 1.165) is 37.9 Å². The largest absolute Gasteiger partial charge is 0.334 e. The predicted octanol–water partition coefficient (Wildman–Crippen LogP) is 3.52. The minimum absolute atomic E-state index is 0.0525. The van der Waals surface area contributed by atoms with E-state index in [4.69, 9.17) is 0 Å². The van der Waals surface area contributed by atoms with Gasteiger partial charge in [0.05, 0.1) is 11.5 Å². The summed E-state index contributed by atoms with van der Waals surface area (Å²) in [5.41, 5.74) is 2.07. The van der Waals surface area contributed by atoms with Crippen molar-refractivity contribution >= 4 is 27.3 Å². The molecule has 9 heteroatoms. The van der Waals surface area contributed by atoms with Crippen LogP contribution in [0, 0.1) is 17.7 Å². The number of hydrogen-bond donors (Lipinski definition) is 2. The summed E-state index contributed by atoms with van der Waals surface area (Å²) in [6, 6.07) is 12.3. The van der Waals surface area contributed by atoms with Gasteiger partial charge in [0.1, 0.15) is 5.82 Å². The topological polar surface area (TPSA) is 95.6 Å². The van der Waals surface area contributed by atoms with Crippen LogP contribution in [-0.4, -0.2) is 62.3 Å². The highest BCUT2D eigenvalue weighted by Gasteiger charge is 2.39. The number of benzene rings is 2. The zero-order chi connectivity index (χ0) is 25.0. The molecule has 3 atom stereocenters. The van der Waals surface area contributed by atoms with E-state index < -0.39 is 21.9 Å². The lowest BCUT2D eigenvalue weighted by atomic mass is 9.90. The number of amides is 2. The second-order valence-electron chi connectivity index (χ2n) is 9.78. The number of likely N-dealkylation sites (tertiary alicyclic amines) is 1. The summed E-state index contributed by atoms with van der Waals surface area (Å²) in [7, 11) is -3.25. The Bertz CT molecular complexity index is 1170. The SMILES string of the molecule is CC(=O)c1cccc(NC(=O)N[C@@H]2CS(=O)(=O)C[C@H]2CN2CCC[C@@H](Cc3ccc(F)cc3)C2)c1. The van der Waals surface area contributed by atoms with Crippen molar-refractivity contribution < 1.29 is 22.4 Å². The van der Waals surface area contributed by atoms with Gasteiger partial charge in [-0.15, -0.1) is 0 Å². The van der Waals surface area contributed by atoms with Crippen LogP contribution in [0.25, 0.3) is 0 Å². The Morgan fingerprint density at radius 3 is 2.63 bits per heavy atom. The van der Waals surface area contributed by atoms with E-state index in [9.17, 15) is 22.4 Å². The van der Waals surface area contributed by atoms with E-state index in [0.29, 0.717) is 23.7 Å². The molecule has 2 N–H and O–H groups in total. The molecular weight excluding hydrogens is 469 g/mol. The van der Waals surface area contributed by atoms with Gasteiger partial charge in [0, 0.05) is 36.3 Å². The number of piperidine rings is 1. The van der Waals surface area contributed by atoms with Gasteiger partial charge in [0.2, 0.25) is 0 Å². The van der Waals surface area contributed by atoms with Crippen molar-refractivity contribution in [1.29, 1.82) is 0 Å². The number of hydrogen-bond acceptors (Lipinski definition) is 5. The third-order valence-corrected chi connectivity index (χ3v) is 8.65. The number of halogens is 1. The number of sulfone groups is 1. The van der Waals surface area contributed by atoms with Gasteiger partial charge in [-0.25, -0.2) is 17.6 Å². The predicted molar refractivity (Wildman–Crippen MR) is 134 cm³/mol. The van der Waals surface area contributed by atoms with E-state index in [1.165, 1.54) is 19.1 Å². The fourth-order valence-electron chi connectivity index (χ4n) is 5.18. The van der Waals surface area contributed by atoms with Gasteiger partial charge in [-0.2, -0.15) is 0 Å². The molecule has 0 spiro atoms. The average molecular weight is 502 g/mol. The first-order valence-corrected chi connectivity index (χ1v) is 13.8. The van der Waals surface area contributed by atoms with E-state index in [1.54, 1.807) is 24.3 Å². The number of carbonyl (C=O) groups is 2. The van der Waals surface area contributed by atoms with Crippen molar-refractivity contribution in [3.05, 3.63) is 65.5 Å². The van der Waals surface area contributed by atoms with Gasteiger partial charge in [0.25, 0.3) is 0 Å². The molecule has 2 saturated heterocycles. The minimum atomic E-state index is -3.25.